The Balaban J connectivity index is 2.98. The number of rotatable bonds is 6. The van der Waals surface area contributed by atoms with Gasteiger partial charge in [0.05, 0.1) is 0 Å². The highest BCUT2D eigenvalue weighted by Crippen LogP contribution is 2.20. The molecule has 1 rings (SSSR count). The van der Waals surface area contributed by atoms with Crippen LogP contribution in [0.4, 0.5) is 5.82 Å². The number of likely N-dealkylation sites (N-methyl/N-ethyl adjacent to an activating group) is 2. The Hall–Kier alpha value is -1.22. The third-order valence-electron chi connectivity index (χ3n) is 2.46. The molecule has 0 aromatic carbocycles. The quantitative estimate of drug-likeness (QED) is 0.539. The van der Waals surface area contributed by atoms with Gasteiger partial charge in [-0.2, -0.15) is 4.31 Å². The van der Waals surface area contributed by atoms with E-state index in [0.717, 1.165) is 0 Å². The van der Waals surface area contributed by atoms with Gasteiger partial charge in [0.15, 0.2) is 5.82 Å². The summed E-state index contributed by atoms with van der Waals surface area (Å²) >= 11 is 0. The van der Waals surface area contributed by atoms with Gasteiger partial charge in [-0.05, 0) is 26.2 Å². The minimum absolute atomic E-state index is 0.0776. The summed E-state index contributed by atoms with van der Waals surface area (Å²) in [6, 6.07) is 3.04. The SMILES string of the molecule is CN(C)CCN(C)S(=O)(=O)c1cccnc1NN. The maximum Gasteiger partial charge on any atom is 0.246 e. The molecular weight excluding hydrogens is 254 g/mol. The Morgan fingerprint density at radius 3 is 2.56 bits per heavy atom. The number of pyridine rings is 1. The van der Waals surface area contributed by atoms with Crippen molar-refractivity contribution < 1.29 is 8.42 Å². The molecule has 0 atom stereocenters. The largest absolute Gasteiger partial charge is 0.308 e. The molecule has 0 saturated heterocycles. The van der Waals surface area contributed by atoms with E-state index in [-0.39, 0.29) is 10.7 Å². The number of sulfonamides is 1. The molecule has 0 spiro atoms. The third-order valence-corrected chi connectivity index (χ3v) is 4.35. The molecule has 1 aromatic heterocycles. The van der Waals surface area contributed by atoms with Gasteiger partial charge in [-0.25, -0.2) is 19.2 Å². The standard InChI is InChI=1S/C10H19N5O2S/c1-14(2)7-8-15(3)18(16,17)9-5-4-6-12-10(9)13-11/h4-6H,7-8,11H2,1-3H3,(H,12,13). The van der Waals surface area contributed by atoms with Crippen LogP contribution in [-0.2, 0) is 10.0 Å². The first kappa shape index (κ1) is 14.8. The molecule has 102 valence electrons. The number of hydrazine groups is 1. The molecule has 0 aliphatic heterocycles. The number of hydrogen-bond donors (Lipinski definition) is 2. The highest BCUT2D eigenvalue weighted by atomic mass is 32.2. The predicted molar refractivity (Wildman–Crippen MR) is 70.4 cm³/mol. The van der Waals surface area contributed by atoms with Gasteiger partial charge in [0.1, 0.15) is 4.90 Å². The maximum absolute atomic E-state index is 12.3. The minimum atomic E-state index is -3.58. The second-order valence-corrected chi connectivity index (χ2v) is 6.14. The van der Waals surface area contributed by atoms with Crippen molar-refractivity contribution in [3.05, 3.63) is 18.3 Å². The van der Waals surface area contributed by atoms with Crippen LogP contribution in [-0.4, -0.2) is 56.8 Å². The fourth-order valence-corrected chi connectivity index (χ4v) is 2.60. The van der Waals surface area contributed by atoms with Crippen LogP contribution in [0.3, 0.4) is 0 Å². The number of nitrogen functional groups attached to an aromatic ring is 1. The van der Waals surface area contributed by atoms with E-state index in [0.29, 0.717) is 13.1 Å². The van der Waals surface area contributed by atoms with Crippen LogP contribution in [0.1, 0.15) is 0 Å². The average Bonchev–Trinajstić information content (AvgIpc) is 2.35. The molecule has 8 heteroatoms. The molecule has 0 amide bonds. The first-order valence-corrected chi connectivity index (χ1v) is 6.86. The van der Waals surface area contributed by atoms with E-state index in [2.05, 4.69) is 10.4 Å². The number of nitrogens with zero attached hydrogens (tertiary/aromatic N) is 3. The predicted octanol–water partition coefficient (Wildman–Crippen LogP) is -0.451. The maximum atomic E-state index is 12.3. The van der Waals surface area contributed by atoms with Crippen LogP contribution >= 0.6 is 0 Å². The summed E-state index contributed by atoms with van der Waals surface area (Å²) in [5.74, 6) is 5.41. The highest BCUT2D eigenvalue weighted by molar-refractivity contribution is 7.89. The molecule has 1 heterocycles. The second kappa shape index (κ2) is 6.10. The first-order valence-electron chi connectivity index (χ1n) is 5.42. The van der Waals surface area contributed by atoms with Crippen molar-refractivity contribution in [1.82, 2.24) is 14.2 Å². The molecule has 0 radical (unpaired) electrons. The van der Waals surface area contributed by atoms with Gasteiger partial charge in [0, 0.05) is 26.3 Å². The molecule has 1 aromatic rings. The van der Waals surface area contributed by atoms with E-state index in [9.17, 15) is 8.42 Å². The molecule has 0 fully saturated rings. The number of aromatic nitrogens is 1. The molecular formula is C10H19N5O2S. The first-order chi connectivity index (χ1) is 8.39. The fraction of sp³-hybridized carbons (Fsp3) is 0.500. The Labute approximate surface area is 108 Å². The lowest BCUT2D eigenvalue weighted by atomic mass is 10.5. The van der Waals surface area contributed by atoms with Gasteiger partial charge in [-0.15, -0.1) is 0 Å². The summed E-state index contributed by atoms with van der Waals surface area (Å²) in [7, 11) is 1.73. The zero-order valence-electron chi connectivity index (χ0n) is 10.8. The fourth-order valence-electron chi connectivity index (χ4n) is 1.34. The molecule has 7 nitrogen and oxygen atoms in total. The number of anilines is 1. The van der Waals surface area contributed by atoms with E-state index in [1.54, 1.807) is 6.07 Å². The minimum Gasteiger partial charge on any atom is -0.308 e. The van der Waals surface area contributed by atoms with Crippen molar-refractivity contribution >= 4 is 15.8 Å². The van der Waals surface area contributed by atoms with Crippen LogP contribution < -0.4 is 11.3 Å². The highest BCUT2D eigenvalue weighted by Gasteiger charge is 2.24. The number of nitrogens with two attached hydrogens (primary N) is 1. The summed E-state index contributed by atoms with van der Waals surface area (Å²) in [6.45, 7) is 1.04. The summed E-state index contributed by atoms with van der Waals surface area (Å²) in [4.78, 5) is 5.88. The third kappa shape index (κ3) is 3.39. The van der Waals surface area contributed by atoms with E-state index >= 15 is 0 Å². The lowest BCUT2D eigenvalue weighted by molar-refractivity contribution is 0.358. The van der Waals surface area contributed by atoms with Gasteiger partial charge in [0.25, 0.3) is 0 Å². The Kier molecular flexibility index (Phi) is 5.03. The van der Waals surface area contributed by atoms with Crippen molar-refractivity contribution in [3.8, 4) is 0 Å². The van der Waals surface area contributed by atoms with Crippen molar-refractivity contribution in [2.75, 3.05) is 39.7 Å². The topological polar surface area (TPSA) is 91.6 Å². The smallest absolute Gasteiger partial charge is 0.246 e. The van der Waals surface area contributed by atoms with Crippen LogP contribution in [0, 0.1) is 0 Å². The second-order valence-electron chi connectivity index (χ2n) is 4.12. The van der Waals surface area contributed by atoms with Gasteiger partial charge in [-0.1, -0.05) is 0 Å². The van der Waals surface area contributed by atoms with E-state index in [1.807, 2.05) is 19.0 Å². The zero-order valence-corrected chi connectivity index (χ0v) is 11.6. The van der Waals surface area contributed by atoms with Crippen molar-refractivity contribution in [2.24, 2.45) is 5.84 Å². The molecule has 0 aliphatic rings. The zero-order chi connectivity index (χ0) is 13.8. The monoisotopic (exact) mass is 273 g/mol. The van der Waals surface area contributed by atoms with E-state index < -0.39 is 10.0 Å². The Morgan fingerprint density at radius 1 is 1.33 bits per heavy atom. The summed E-state index contributed by atoms with van der Waals surface area (Å²) < 4.78 is 25.9. The van der Waals surface area contributed by atoms with Crippen LogP contribution in [0.15, 0.2) is 23.2 Å². The van der Waals surface area contributed by atoms with Gasteiger partial charge >= 0.3 is 0 Å². The van der Waals surface area contributed by atoms with Crippen molar-refractivity contribution in [2.45, 2.75) is 4.90 Å². The molecule has 18 heavy (non-hydrogen) atoms. The summed E-state index contributed by atoms with van der Waals surface area (Å²) in [5, 5.41) is 0. The van der Waals surface area contributed by atoms with Crippen LogP contribution in [0.5, 0.6) is 0 Å². The van der Waals surface area contributed by atoms with Crippen LogP contribution in [0.2, 0.25) is 0 Å². The molecule has 0 saturated carbocycles. The lowest BCUT2D eigenvalue weighted by Gasteiger charge is -2.20. The van der Waals surface area contributed by atoms with Gasteiger partial charge in [0.2, 0.25) is 10.0 Å². The molecule has 0 bridgehead atoms. The Bertz CT molecular complexity index is 489. The lowest BCUT2D eigenvalue weighted by Crippen LogP contribution is -2.34. The molecule has 0 unspecified atom stereocenters. The normalized spacial score (nSPS) is 12.1. The van der Waals surface area contributed by atoms with Crippen molar-refractivity contribution in [3.63, 3.8) is 0 Å². The van der Waals surface area contributed by atoms with Gasteiger partial charge in [-0.3, -0.25) is 0 Å². The molecule has 0 aliphatic carbocycles. The van der Waals surface area contributed by atoms with Gasteiger partial charge < -0.3 is 10.3 Å². The number of hydrogen-bond acceptors (Lipinski definition) is 6. The van der Waals surface area contributed by atoms with E-state index in [4.69, 9.17) is 5.84 Å². The number of nitrogens with one attached hydrogen (secondary N) is 1. The van der Waals surface area contributed by atoms with E-state index in [1.165, 1.54) is 23.6 Å². The molecule has 3 N–H and O–H groups in total. The summed E-state index contributed by atoms with van der Waals surface area (Å²) in [6.07, 6.45) is 1.48. The summed E-state index contributed by atoms with van der Waals surface area (Å²) in [5.41, 5.74) is 2.29. The average molecular weight is 273 g/mol. The Morgan fingerprint density at radius 2 is 2.00 bits per heavy atom. The van der Waals surface area contributed by atoms with Crippen LogP contribution in [0.25, 0.3) is 0 Å². The van der Waals surface area contributed by atoms with Crippen molar-refractivity contribution in [1.29, 1.82) is 0 Å².